The summed E-state index contributed by atoms with van der Waals surface area (Å²) in [5, 5.41) is 5.75. The molecule has 0 radical (unpaired) electrons. The average molecular weight is 552 g/mol. The minimum absolute atomic E-state index is 0.0800. The van der Waals surface area contributed by atoms with E-state index in [0.29, 0.717) is 33.3 Å². The number of fused-ring (bicyclic) bond motifs is 1. The Balaban J connectivity index is 1.50. The first-order valence-corrected chi connectivity index (χ1v) is 13.0. The highest BCUT2D eigenvalue weighted by Gasteiger charge is 2.32. The number of aromatic nitrogens is 1. The van der Waals surface area contributed by atoms with Crippen molar-refractivity contribution in [2.45, 2.75) is 23.4 Å². The van der Waals surface area contributed by atoms with Crippen molar-refractivity contribution < 1.29 is 12.8 Å². The summed E-state index contributed by atoms with van der Waals surface area (Å²) in [7, 11) is -4.09. The van der Waals surface area contributed by atoms with Crippen LogP contribution in [-0.2, 0) is 10.0 Å². The van der Waals surface area contributed by atoms with Crippen LogP contribution in [0.15, 0.2) is 79.9 Å². The molecule has 3 N–H and O–H groups in total. The molecule has 8 nitrogen and oxygen atoms in total. The first-order valence-electron chi connectivity index (χ1n) is 10.4. The monoisotopic (exact) mass is 550 g/mol. The first kappa shape index (κ1) is 23.9. The van der Waals surface area contributed by atoms with Gasteiger partial charge in [0, 0.05) is 27.6 Å². The number of sulfonamides is 1. The fraction of sp³-hybridized carbons (Fsp3) is 0.130. The lowest BCUT2D eigenvalue weighted by atomic mass is 9.96. The van der Waals surface area contributed by atoms with E-state index in [1.807, 2.05) is 12.1 Å². The van der Waals surface area contributed by atoms with Gasteiger partial charge in [0.1, 0.15) is 0 Å². The maximum absolute atomic E-state index is 13.4. The van der Waals surface area contributed by atoms with Gasteiger partial charge < -0.3 is 9.84 Å². The summed E-state index contributed by atoms with van der Waals surface area (Å²) in [6, 6.07) is 15.2. The summed E-state index contributed by atoms with van der Waals surface area (Å²) in [6.45, 7) is 0. The number of hydrazone groups is 1. The van der Waals surface area contributed by atoms with Gasteiger partial charge >= 0.3 is 5.76 Å². The molecule has 12 heteroatoms. The molecular formula is C23H17Cl3N4O4S. The zero-order valence-electron chi connectivity index (χ0n) is 17.8. The number of nitrogens with one attached hydrogen (secondary N) is 3. The van der Waals surface area contributed by atoms with Gasteiger partial charge in [-0.3, -0.25) is 4.98 Å². The molecule has 0 saturated heterocycles. The fourth-order valence-corrected chi connectivity index (χ4v) is 5.76. The summed E-state index contributed by atoms with van der Waals surface area (Å²) in [4.78, 5) is 13.9. The van der Waals surface area contributed by atoms with Gasteiger partial charge in [-0.1, -0.05) is 53.0 Å². The minimum atomic E-state index is -4.09. The second-order valence-electron chi connectivity index (χ2n) is 7.93. The van der Waals surface area contributed by atoms with Gasteiger partial charge in [0.05, 0.1) is 28.2 Å². The van der Waals surface area contributed by atoms with Crippen LogP contribution in [0.3, 0.4) is 0 Å². The van der Waals surface area contributed by atoms with Gasteiger partial charge in [-0.2, -0.15) is 9.82 Å². The summed E-state index contributed by atoms with van der Waals surface area (Å²) in [5.74, 6) is -0.673. The molecule has 5 rings (SSSR count). The van der Waals surface area contributed by atoms with E-state index in [1.165, 1.54) is 18.2 Å². The summed E-state index contributed by atoms with van der Waals surface area (Å²) in [6.07, 6.45) is 0.416. The molecule has 0 spiro atoms. The van der Waals surface area contributed by atoms with Gasteiger partial charge in [-0.25, -0.2) is 13.2 Å². The topological polar surface area (TPSA) is 117 Å². The van der Waals surface area contributed by atoms with Crippen molar-refractivity contribution in [3.05, 3.63) is 97.4 Å². The van der Waals surface area contributed by atoms with Crippen molar-refractivity contribution >= 4 is 61.6 Å². The Morgan fingerprint density at radius 3 is 2.49 bits per heavy atom. The Hall–Kier alpha value is -2.82. The molecule has 0 bridgehead atoms. The van der Waals surface area contributed by atoms with E-state index in [1.54, 1.807) is 30.3 Å². The highest BCUT2D eigenvalue weighted by molar-refractivity contribution is 7.89. The van der Waals surface area contributed by atoms with Gasteiger partial charge in [-0.05, 0) is 47.5 Å². The van der Waals surface area contributed by atoms with Crippen LogP contribution in [0.2, 0.25) is 15.1 Å². The number of halogens is 3. The number of aromatic amines is 1. The lowest BCUT2D eigenvalue weighted by Crippen LogP contribution is -2.33. The van der Waals surface area contributed by atoms with Crippen molar-refractivity contribution in [1.29, 1.82) is 0 Å². The molecule has 1 aliphatic rings. The van der Waals surface area contributed by atoms with Crippen molar-refractivity contribution in [2.75, 3.05) is 0 Å². The predicted molar refractivity (Wildman–Crippen MR) is 136 cm³/mol. The van der Waals surface area contributed by atoms with Crippen LogP contribution in [0.25, 0.3) is 11.1 Å². The van der Waals surface area contributed by atoms with E-state index >= 15 is 0 Å². The van der Waals surface area contributed by atoms with Crippen LogP contribution in [0.4, 0.5) is 0 Å². The molecule has 2 unspecified atom stereocenters. The molecule has 4 aromatic rings. The van der Waals surface area contributed by atoms with Gasteiger partial charge in [0.25, 0.3) is 0 Å². The third-order valence-corrected chi connectivity index (χ3v) is 7.87. The molecule has 180 valence electrons. The minimum Gasteiger partial charge on any atom is -0.408 e. The molecule has 3 aromatic carbocycles. The standard InChI is InChI=1S/C23H17Cl3N4O4S/c24-13-3-1-12(2-4-13)19-11-20(29-28-19)22(16-7-5-14(25)9-17(16)26)30-35(32,33)15-6-8-18-21(10-15)34-23(31)27-18/h1-10,19,22,28,30H,11H2,(H,27,31). The van der Waals surface area contributed by atoms with Gasteiger partial charge in [-0.15, -0.1) is 0 Å². The SMILES string of the molecule is O=c1[nH]c2ccc(S(=O)(=O)NC(C3=NNC(c4ccc(Cl)cc4)C3)c3ccc(Cl)cc3Cl)cc2o1. The second kappa shape index (κ2) is 9.33. The van der Waals surface area contributed by atoms with Crippen LogP contribution < -0.4 is 15.9 Å². The van der Waals surface area contributed by atoms with E-state index in [4.69, 9.17) is 39.2 Å². The zero-order valence-corrected chi connectivity index (χ0v) is 20.8. The smallest absolute Gasteiger partial charge is 0.408 e. The molecule has 0 aliphatic carbocycles. The second-order valence-corrected chi connectivity index (χ2v) is 10.9. The molecule has 2 heterocycles. The first-order chi connectivity index (χ1) is 16.7. The molecule has 0 saturated carbocycles. The van der Waals surface area contributed by atoms with Crippen LogP contribution in [0.1, 0.15) is 29.6 Å². The third-order valence-electron chi connectivity index (χ3n) is 5.63. The maximum Gasteiger partial charge on any atom is 0.417 e. The molecule has 1 aliphatic heterocycles. The Morgan fingerprint density at radius 1 is 1.00 bits per heavy atom. The Kier molecular flexibility index (Phi) is 6.37. The number of benzene rings is 3. The van der Waals surface area contributed by atoms with E-state index in [9.17, 15) is 13.2 Å². The number of rotatable bonds is 6. The molecular weight excluding hydrogens is 535 g/mol. The Bertz CT molecular complexity index is 1610. The normalized spacial score (nSPS) is 16.8. The number of nitrogens with zero attached hydrogens (tertiary/aromatic N) is 1. The maximum atomic E-state index is 13.4. The van der Waals surface area contributed by atoms with Crippen molar-refractivity contribution in [3.8, 4) is 0 Å². The number of hydrogen-bond acceptors (Lipinski definition) is 6. The predicted octanol–water partition coefficient (Wildman–Crippen LogP) is 5.19. The number of oxazole rings is 1. The van der Waals surface area contributed by atoms with E-state index in [2.05, 4.69) is 20.2 Å². The fourth-order valence-electron chi connectivity index (χ4n) is 3.89. The Labute approximate surface area is 214 Å². The molecule has 35 heavy (non-hydrogen) atoms. The Morgan fingerprint density at radius 2 is 1.74 bits per heavy atom. The third kappa shape index (κ3) is 4.96. The largest absolute Gasteiger partial charge is 0.417 e. The molecule has 2 atom stereocenters. The van der Waals surface area contributed by atoms with E-state index in [-0.39, 0.29) is 21.5 Å². The summed E-state index contributed by atoms with van der Waals surface area (Å²) >= 11 is 18.5. The lowest BCUT2D eigenvalue weighted by molar-refractivity contribution is 0.553. The number of hydrogen-bond donors (Lipinski definition) is 3. The van der Waals surface area contributed by atoms with Crippen LogP contribution in [0, 0.1) is 0 Å². The van der Waals surface area contributed by atoms with Gasteiger partial charge in [0.2, 0.25) is 10.0 Å². The van der Waals surface area contributed by atoms with Crippen LogP contribution >= 0.6 is 34.8 Å². The quantitative estimate of drug-likeness (QED) is 0.305. The summed E-state index contributed by atoms with van der Waals surface area (Å²) in [5.41, 5.74) is 5.55. The van der Waals surface area contributed by atoms with Crippen molar-refractivity contribution in [2.24, 2.45) is 5.10 Å². The van der Waals surface area contributed by atoms with Crippen molar-refractivity contribution in [3.63, 3.8) is 0 Å². The van der Waals surface area contributed by atoms with E-state index < -0.39 is 21.8 Å². The molecule has 0 amide bonds. The average Bonchev–Trinajstić information content (AvgIpc) is 3.44. The highest BCUT2D eigenvalue weighted by atomic mass is 35.5. The number of H-pyrrole nitrogens is 1. The highest BCUT2D eigenvalue weighted by Crippen LogP contribution is 2.33. The zero-order chi connectivity index (χ0) is 24.7. The van der Waals surface area contributed by atoms with E-state index in [0.717, 1.165) is 5.56 Å². The molecule has 0 fully saturated rings. The lowest BCUT2D eigenvalue weighted by Gasteiger charge is -2.21. The van der Waals surface area contributed by atoms with Crippen molar-refractivity contribution in [1.82, 2.24) is 15.1 Å². The van der Waals surface area contributed by atoms with Crippen LogP contribution in [0.5, 0.6) is 0 Å². The van der Waals surface area contributed by atoms with Gasteiger partial charge in [0.15, 0.2) is 5.58 Å². The molecule has 1 aromatic heterocycles. The van der Waals surface area contributed by atoms with Crippen LogP contribution in [-0.4, -0.2) is 19.1 Å². The summed E-state index contributed by atoms with van der Waals surface area (Å²) < 4.78 is 34.5.